The van der Waals surface area contributed by atoms with Crippen LogP contribution < -0.4 is 20.7 Å². The quantitative estimate of drug-likeness (QED) is 0.0534. The Morgan fingerprint density at radius 1 is 0.608 bits per heavy atom. The van der Waals surface area contributed by atoms with Crippen LogP contribution in [-0.2, 0) is 18.4 Å². The molecule has 1 heterocycles. The number of esters is 1. The van der Waals surface area contributed by atoms with Gasteiger partial charge in [0.1, 0.15) is 0 Å². The van der Waals surface area contributed by atoms with Gasteiger partial charge in [0.15, 0.2) is 5.60 Å². The van der Waals surface area contributed by atoms with E-state index in [4.69, 9.17) is 13.6 Å². The SMILES string of the molecule is CCCCCC/C=C1/CC(CO[Si](c2ccccc2)(c2ccccc2)C(C)(C)C)(CO[Si](c2ccccc2)(c2ccccc2)C(C)(C)C)OC1=O. The smallest absolute Gasteiger partial charge is 0.334 e. The van der Waals surface area contributed by atoms with E-state index in [0.29, 0.717) is 6.42 Å². The fourth-order valence-corrected chi connectivity index (χ4v) is 17.2. The van der Waals surface area contributed by atoms with Crippen molar-refractivity contribution in [2.45, 2.75) is 103 Å². The molecule has 4 aromatic carbocycles. The predicted molar refractivity (Wildman–Crippen MR) is 217 cm³/mol. The first-order valence-electron chi connectivity index (χ1n) is 18.8. The van der Waals surface area contributed by atoms with Crippen LogP contribution in [0.4, 0.5) is 0 Å². The zero-order chi connectivity index (χ0) is 36.6. The zero-order valence-corrected chi connectivity index (χ0v) is 33.9. The molecule has 0 spiro atoms. The highest BCUT2D eigenvalue weighted by Crippen LogP contribution is 2.42. The van der Waals surface area contributed by atoms with Crippen LogP contribution in [0.1, 0.15) is 87.0 Å². The fraction of sp³-hybridized carbons (Fsp3) is 0.400. The van der Waals surface area contributed by atoms with Crippen molar-refractivity contribution < 1.29 is 18.4 Å². The standard InChI is InChI=1S/C45H58O4Si2/c1-8-9-10-11-16-25-37-34-45(49-42(37)46,35-47-50(43(2,3)4,38-26-17-12-18-27-38)39-28-19-13-20-29-39)36-48-51(44(5,6)7,40-30-21-14-22-31-40)41-32-23-15-24-33-41/h12-15,17-33H,8-11,16,34-36H2,1-7H3/b37-25-. The van der Waals surface area contributed by atoms with Gasteiger partial charge in [-0.15, -0.1) is 0 Å². The van der Waals surface area contributed by atoms with Gasteiger partial charge in [-0.3, -0.25) is 0 Å². The molecule has 0 radical (unpaired) electrons. The lowest BCUT2D eigenvalue weighted by molar-refractivity contribution is -0.152. The van der Waals surface area contributed by atoms with Crippen LogP contribution in [0.3, 0.4) is 0 Å². The fourth-order valence-electron chi connectivity index (χ4n) is 7.93. The molecule has 0 N–H and O–H groups in total. The maximum atomic E-state index is 13.9. The van der Waals surface area contributed by atoms with Crippen molar-refractivity contribution in [3.63, 3.8) is 0 Å². The minimum absolute atomic E-state index is 0.226. The Hall–Kier alpha value is -3.56. The molecular weight excluding hydrogens is 661 g/mol. The van der Waals surface area contributed by atoms with Gasteiger partial charge >= 0.3 is 5.97 Å². The molecule has 0 atom stereocenters. The number of hydrogen-bond acceptors (Lipinski definition) is 4. The Balaban J connectivity index is 1.61. The maximum absolute atomic E-state index is 13.9. The van der Waals surface area contributed by atoms with Gasteiger partial charge < -0.3 is 13.6 Å². The van der Waals surface area contributed by atoms with E-state index < -0.39 is 22.2 Å². The first-order chi connectivity index (χ1) is 24.4. The Morgan fingerprint density at radius 2 is 0.980 bits per heavy atom. The van der Waals surface area contributed by atoms with E-state index in [-0.39, 0.29) is 29.3 Å². The summed E-state index contributed by atoms with van der Waals surface area (Å²) in [6.07, 6.45) is 8.05. The van der Waals surface area contributed by atoms with E-state index in [1.165, 1.54) is 33.6 Å². The molecule has 51 heavy (non-hydrogen) atoms. The maximum Gasteiger partial charge on any atom is 0.334 e. The van der Waals surface area contributed by atoms with Gasteiger partial charge in [0.05, 0.1) is 13.2 Å². The second-order valence-corrected chi connectivity index (χ2v) is 24.8. The minimum Gasteiger partial charge on any atom is -0.451 e. The number of hydrogen-bond donors (Lipinski definition) is 0. The van der Waals surface area contributed by atoms with Crippen LogP contribution in [0, 0.1) is 0 Å². The Bertz CT molecular complexity index is 1520. The second-order valence-electron chi connectivity index (χ2n) is 16.2. The molecule has 270 valence electrons. The lowest BCUT2D eigenvalue weighted by Gasteiger charge is -2.46. The highest BCUT2D eigenvalue weighted by Gasteiger charge is 2.56. The van der Waals surface area contributed by atoms with Crippen molar-refractivity contribution in [1.82, 2.24) is 0 Å². The summed E-state index contributed by atoms with van der Waals surface area (Å²) in [6, 6.07) is 42.7. The summed E-state index contributed by atoms with van der Waals surface area (Å²) in [4.78, 5) is 13.9. The summed E-state index contributed by atoms with van der Waals surface area (Å²) in [5.41, 5.74) is -0.254. The Labute approximate surface area is 309 Å². The minimum atomic E-state index is -2.94. The van der Waals surface area contributed by atoms with Crippen molar-refractivity contribution in [3.8, 4) is 0 Å². The Morgan fingerprint density at radius 3 is 1.31 bits per heavy atom. The van der Waals surface area contributed by atoms with E-state index in [0.717, 1.165) is 24.8 Å². The average Bonchev–Trinajstić information content (AvgIpc) is 3.44. The third-order valence-electron chi connectivity index (χ3n) is 10.5. The first kappa shape index (κ1) is 38.7. The van der Waals surface area contributed by atoms with E-state index in [1.807, 2.05) is 0 Å². The predicted octanol–water partition coefficient (Wildman–Crippen LogP) is 8.72. The highest BCUT2D eigenvalue weighted by atomic mass is 28.4. The Kier molecular flexibility index (Phi) is 12.4. The number of ether oxygens (including phenoxy) is 1. The van der Waals surface area contributed by atoms with Crippen LogP contribution in [0.25, 0.3) is 0 Å². The van der Waals surface area contributed by atoms with E-state index in [1.54, 1.807) is 0 Å². The third kappa shape index (κ3) is 8.25. The molecule has 0 saturated carbocycles. The van der Waals surface area contributed by atoms with Gasteiger partial charge in [-0.2, -0.15) is 0 Å². The van der Waals surface area contributed by atoms with Gasteiger partial charge in [-0.05, 0) is 43.7 Å². The van der Waals surface area contributed by atoms with E-state index in [9.17, 15) is 4.79 Å². The molecule has 4 nitrogen and oxygen atoms in total. The molecule has 0 amide bonds. The van der Waals surface area contributed by atoms with Crippen LogP contribution in [0.5, 0.6) is 0 Å². The lowest BCUT2D eigenvalue weighted by Crippen LogP contribution is -2.69. The number of allylic oxidation sites excluding steroid dienone is 1. The van der Waals surface area contributed by atoms with E-state index in [2.05, 4.69) is 176 Å². The van der Waals surface area contributed by atoms with E-state index >= 15 is 0 Å². The van der Waals surface area contributed by atoms with Crippen LogP contribution >= 0.6 is 0 Å². The van der Waals surface area contributed by atoms with Gasteiger partial charge in [-0.1, -0.05) is 195 Å². The van der Waals surface area contributed by atoms with Crippen molar-refractivity contribution in [2.75, 3.05) is 13.2 Å². The average molecular weight is 719 g/mol. The topological polar surface area (TPSA) is 44.8 Å². The summed E-state index contributed by atoms with van der Waals surface area (Å²) < 4.78 is 21.7. The molecule has 0 unspecified atom stereocenters. The molecule has 5 rings (SSSR count). The molecule has 6 heteroatoms. The molecule has 0 aromatic heterocycles. The number of carbonyl (C=O) groups is 1. The summed E-state index contributed by atoms with van der Waals surface area (Å²) in [5.74, 6) is -0.248. The lowest BCUT2D eigenvalue weighted by atomic mass is 9.98. The summed E-state index contributed by atoms with van der Waals surface area (Å²) in [6.45, 7) is 16.4. The number of unbranched alkanes of at least 4 members (excludes halogenated alkanes) is 4. The first-order valence-corrected chi connectivity index (χ1v) is 22.6. The van der Waals surface area contributed by atoms with Gasteiger partial charge in [0.2, 0.25) is 0 Å². The van der Waals surface area contributed by atoms with Crippen molar-refractivity contribution in [2.24, 2.45) is 0 Å². The molecule has 1 fully saturated rings. The number of carbonyl (C=O) groups excluding carboxylic acids is 1. The molecule has 1 aliphatic rings. The summed E-state index contributed by atoms with van der Waals surface area (Å²) in [5, 5.41) is 4.34. The van der Waals surface area contributed by atoms with Gasteiger partial charge in [0.25, 0.3) is 16.6 Å². The van der Waals surface area contributed by atoms with Gasteiger partial charge in [-0.25, -0.2) is 4.79 Å². The number of cyclic esters (lactones) is 1. The molecule has 0 bridgehead atoms. The van der Waals surface area contributed by atoms with Crippen LogP contribution in [-0.4, -0.2) is 41.4 Å². The second kappa shape index (κ2) is 16.4. The largest absolute Gasteiger partial charge is 0.451 e. The normalized spacial score (nSPS) is 16.0. The van der Waals surface area contributed by atoms with Crippen LogP contribution in [0.15, 0.2) is 133 Å². The number of rotatable bonds is 15. The molecule has 1 aliphatic heterocycles. The molecular formula is C45H58O4Si2. The summed E-state index contributed by atoms with van der Waals surface area (Å²) in [7, 11) is -5.89. The molecule has 1 saturated heterocycles. The van der Waals surface area contributed by atoms with Crippen molar-refractivity contribution in [1.29, 1.82) is 0 Å². The zero-order valence-electron chi connectivity index (χ0n) is 31.9. The molecule has 4 aromatic rings. The monoisotopic (exact) mass is 718 g/mol. The van der Waals surface area contributed by atoms with Crippen molar-refractivity contribution >= 4 is 43.4 Å². The third-order valence-corrected chi connectivity index (χ3v) is 20.4. The van der Waals surface area contributed by atoms with Gasteiger partial charge in [0, 0.05) is 12.0 Å². The summed E-state index contributed by atoms with van der Waals surface area (Å²) >= 11 is 0. The molecule has 0 aliphatic carbocycles. The highest BCUT2D eigenvalue weighted by molar-refractivity contribution is 7.00. The van der Waals surface area contributed by atoms with Crippen molar-refractivity contribution in [3.05, 3.63) is 133 Å². The van der Waals surface area contributed by atoms with Crippen LogP contribution in [0.2, 0.25) is 10.1 Å². The number of benzene rings is 4.